The summed E-state index contributed by atoms with van der Waals surface area (Å²) in [6.07, 6.45) is 10.3. The first-order chi connectivity index (χ1) is 10.6. The molecule has 1 aromatic rings. The SMILES string of the molecule is FCC/C=C/C1CCC(CCc2cc(F)c(F)c(F)c2)CC1. The molecule has 4 heteroatoms. The smallest absolute Gasteiger partial charge is 0.194 e. The van der Waals surface area contributed by atoms with Gasteiger partial charge in [-0.2, -0.15) is 0 Å². The molecule has 1 aliphatic carbocycles. The molecule has 22 heavy (non-hydrogen) atoms. The minimum atomic E-state index is -1.40. The molecular weight excluding hydrogens is 292 g/mol. The van der Waals surface area contributed by atoms with Crippen LogP contribution in [0.2, 0.25) is 0 Å². The molecule has 0 heterocycles. The molecule has 0 nitrogen and oxygen atoms in total. The number of rotatable bonds is 6. The van der Waals surface area contributed by atoms with Gasteiger partial charge in [0.1, 0.15) is 0 Å². The summed E-state index contributed by atoms with van der Waals surface area (Å²) < 4.78 is 51.2. The summed E-state index contributed by atoms with van der Waals surface area (Å²) in [4.78, 5) is 0. The third-order valence-corrected chi connectivity index (χ3v) is 4.46. The zero-order valence-corrected chi connectivity index (χ0v) is 12.6. The van der Waals surface area contributed by atoms with Crippen molar-refractivity contribution in [1.82, 2.24) is 0 Å². The average Bonchev–Trinajstić information content (AvgIpc) is 2.52. The first kappa shape index (κ1) is 17.0. The summed E-state index contributed by atoms with van der Waals surface area (Å²) in [5, 5.41) is 0. The molecule has 1 aromatic carbocycles. The van der Waals surface area contributed by atoms with E-state index in [2.05, 4.69) is 6.08 Å². The van der Waals surface area contributed by atoms with E-state index in [1.165, 1.54) is 0 Å². The minimum absolute atomic E-state index is 0.309. The van der Waals surface area contributed by atoms with Crippen LogP contribution >= 0.6 is 0 Å². The summed E-state index contributed by atoms with van der Waals surface area (Å²) in [7, 11) is 0. The fourth-order valence-corrected chi connectivity index (χ4v) is 3.14. The fraction of sp³-hybridized carbons (Fsp3) is 0.556. The van der Waals surface area contributed by atoms with E-state index in [1.807, 2.05) is 6.08 Å². The Bertz CT molecular complexity index is 479. The Morgan fingerprint density at radius 3 is 2.23 bits per heavy atom. The Morgan fingerprint density at radius 2 is 1.64 bits per heavy atom. The van der Waals surface area contributed by atoms with Gasteiger partial charge in [-0.15, -0.1) is 0 Å². The van der Waals surface area contributed by atoms with Crippen LogP contribution in [0.3, 0.4) is 0 Å². The second-order valence-corrected chi connectivity index (χ2v) is 6.10. The van der Waals surface area contributed by atoms with Gasteiger partial charge in [-0.25, -0.2) is 13.2 Å². The third kappa shape index (κ3) is 4.85. The van der Waals surface area contributed by atoms with Crippen molar-refractivity contribution in [1.29, 1.82) is 0 Å². The molecule has 0 unspecified atom stereocenters. The van der Waals surface area contributed by atoms with Crippen LogP contribution in [0.1, 0.15) is 44.1 Å². The van der Waals surface area contributed by atoms with Gasteiger partial charge in [0.2, 0.25) is 0 Å². The molecule has 1 saturated carbocycles. The van der Waals surface area contributed by atoms with Crippen LogP contribution in [0.25, 0.3) is 0 Å². The number of halogens is 4. The molecule has 1 aliphatic rings. The summed E-state index contributed by atoms with van der Waals surface area (Å²) in [5.41, 5.74) is 0.515. The predicted octanol–water partition coefficient (Wildman–Crippen LogP) is 5.76. The van der Waals surface area contributed by atoms with Crippen LogP contribution in [0.5, 0.6) is 0 Å². The monoisotopic (exact) mass is 314 g/mol. The maximum atomic E-state index is 13.2. The first-order valence-electron chi connectivity index (χ1n) is 7.96. The topological polar surface area (TPSA) is 0 Å². The molecule has 0 atom stereocenters. The maximum Gasteiger partial charge on any atom is 0.194 e. The summed E-state index contributed by atoms with van der Waals surface area (Å²) in [6, 6.07) is 2.17. The lowest BCUT2D eigenvalue weighted by Crippen LogP contribution is -2.14. The molecule has 0 N–H and O–H groups in total. The molecule has 0 aromatic heterocycles. The van der Waals surface area contributed by atoms with Gasteiger partial charge in [-0.05, 0) is 74.5 Å². The number of allylic oxidation sites excluding steroid dienone is 2. The lowest BCUT2D eigenvalue weighted by atomic mass is 9.79. The van der Waals surface area contributed by atoms with Crippen LogP contribution in [-0.2, 0) is 6.42 Å². The zero-order chi connectivity index (χ0) is 15.9. The third-order valence-electron chi connectivity index (χ3n) is 4.46. The van der Waals surface area contributed by atoms with Gasteiger partial charge < -0.3 is 0 Å². The van der Waals surface area contributed by atoms with Crippen LogP contribution < -0.4 is 0 Å². The van der Waals surface area contributed by atoms with E-state index in [1.54, 1.807) is 0 Å². The number of aryl methyl sites for hydroxylation is 1. The van der Waals surface area contributed by atoms with Crippen molar-refractivity contribution in [3.8, 4) is 0 Å². The second-order valence-electron chi connectivity index (χ2n) is 6.10. The highest BCUT2D eigenvalue weighted by atomic mass is 19.2. The Hall–Kier alpha value is -1.32. The van der Waals surface area contributed by atoms with Crippen molar-refractivity contribution in [3.63, 3.8) is 0 Å². The Morgan fingerprint density at radius 1 is 1.00 bits per heavy atom. The van der Waals surface area contributed by atoms with Gasteiger partial charge in [-0.3, -0.25) is 4.39 Å². The minimum Gasteiger partial charge on any atom is -0.251 e. The standard InChI is InChI=1S/C18H22F4/c19-10-2-1-3-13-4-6-14(7-5-13)8-9-15-11-16(20)18(22)17(21)12-15/h1,3,11-14H,2,4-10H2/b3-1+. The van der Waals surface area contributed by atoms with E-state index in [0.29, 0.717) is 30.2 Å². The zero-order valence-electron chi connectivity index (χ0n) is 12.6. The molecule has 0 amide bonds. The summed E-state index contributed by atoms with van der Waals surface area (Å²) >= 11 is 0. The number of hydrogen-bond donors (Lipinski definition) is 0. The van der Waals surface area contributed by atoms with E-state index < -0.39 is 17.5 Å². The van der Waals surface area contributed by atoms with Crippen molar-refractivity contribution in [2.24, 2.45) is 11.8 Å². The molecule has 0 aliphatic heterocycles. The average molecular weight is 314 g/mol. The van der Waals surface area contributed by atoms with Crippen molar-refractivity contribution in [2.45, 2.75) is 44.9 Å². The van der Waals surface area contributed by atoms with E-state index in [0.717, 1.165) is 44.2 Å². The van der Waals surface area contributed by atoms with Crippen LogP contribution in [0, 0.1) is 29.3 Å². The quantitative estimate of drug-likeness (QED) is 0.356. The van der Waals surface area contributed by atoms with Gasteiger partial charge in [0.15, 0.2) is 17.5 Å². The van der Waals surface area contributed by atoms with Crippen molar-refractivity contribution in [3.05, 3.63) is 47.3 Å². The van der Waals surface area contributed by atoms with Gasteiger partial charge in [0.25, 0.3) is 0 Å². The molecule has 1 fully saturated rings. The van der Waals surface area contributed by atoms with Crippen LogP contribution in [-0.4, -0.2) is 6.67 Å². The highest BCUT2D eigenvalue weighted by Crippen LogP contribution is 2.32. The Kier molecular flexibility index (Phi) is 6.47. The van der Waals surface area contributed by atoms with Crippen LogP contribution in [0.15, 0.2) is 24.3 Å². The second kappa shape index (κ2) is 8.35. The molecular formula is C18H22F4. The van der Waals surface area contributed by atoms with Gasteiger partial charge in [-0.1, -0.05) is 12.2 Å². The molecule has 0 saturated heterocycles. The van der Waals surface area contributed by atoms with Crippen molar-refractivity contribution < 1.29 is 17.6 Å². The predicted molar refractivity (Wildman–Crippen MR) is 79.8 cm³/mol. The summed E-state index contributed by atoms with van der Waals surface area (Å²) in [5.74, 6) is -2.55. The molecule has 0 spiro atoms. The maximum absolute atomic E-state index is 13.2. The van der Waals surface area contributed by atoms with Crippen LogP contribution in [0.4, 0.5) is 17.6 Å². The number of hydrogen-bond acceptors (Lipinski definition) is 0. The Labute approximate surface area is 129 Å². The molecule has 0 radical (unpaired) electrons. The lowest BCUT2D eigenvalue weighted by molar-refractivity contribution is 0.295. The van der Waals surface area contributed by atoms with E-state index >= 15 is 0 Å². The van der Waals surface area contributed by atoms with E-state index in [9.17, 15) is 17.6 Å². The van der Waals surface area contributed by atoms with Gasteiger partial charge in [0.05, 0.1) is 6.67 Å². The Balaban J connectivity index is 1.77. The summed E-state index contributed by atoms with van der Waals surface area (Å²) in [6.45, 7) is -0.309. The highest BCUT2D eigenvalue weighted by molar-refractivity contribution is 5.19. The fourth-order valence-electron chi connectivity index (χ4n) is 3.14. The van der Waals surface area contributed by atoms with E-state index in [4.69, 9.17) is 0 Å². The van der Waals surface area contributed by atoms with Crippen molar-refractivity contribution in [2.75, 3.05) is 6.67 Å². The highest BCUT2D eigenvalue weighted by Gasteiger charge is 2.19. The van der Waals surface area contributed by atoms with Crippen molar-refractivity contribution >= 4 is 0 Å². The number of benzene rings is 1. The molecule has 0 bridgehead atoms. The first-order valence-corrected chi connectivity index (χ1v) is 7.96. The lowest BCUT2D eigenvalue weighted by Gasteiger charge is -2.26. The molecule has 2 rings (SSSR count). The molecule has 122 valence electrons. The van der Waals surface area contributed by atoms with E-state index in [-0.39, 0.29) is 6.67 Å². The number of alkyl halides is 1. The van der Waals surface area contributed by atoms with Gasteiger partial charge in [0, 0.05) is 0 Å². The normalized spacial score (nSPS) is 22.4. The van der Waals surface area contributed by atoms with Gasteiger partial charge >= 0.3 is 0 Å². The largest absolute Gasteiger partial charge is 0.251 e.